The largest absolute Gasteiger partial charge is 0.481 e. The first-order chi connectivity index (χ1) is 8.58. The number of primary amides is 1. The third-order valence-electron chi connectivity index (χ3n) is 2.65. The molecule has 2 rings (SSSR count). The van der Waals surface area contributed by atoms with Gasteiger partial charge in [0.1, 0.15) is 5.82 Å². The number of hydrogen-bond acceptors (Lipinski definition) is 2. The Morgan fingerprint density at radius 1 is 1.33 bits per heavy atom. The Balaban J connectivity index is 2.43. The fourth-order valence-electron chi connectivity index (χ4n) is 1.92. The molecule has 0 aliphatic rings. The first-order valence-corrected chi connectivity index (χ1v) is 5.45. The van der Waals surface area contributed by atoms with E-state index in [2.05, 4.69) is 10.3 Å². The summed E-state index contributed by atoms with van der Waals surface area (Å²) in [5, 5.41) is 12.1. The summed E-state index contributed by atoms with van der Waals surface area (Å²) in [6.45, 7) is 0. The van der Waals surface area contributed by atoms with Gasteiger partial charge in [-0.2, -0.15) is 0 Å². The van der Waals surface area contributed by atoms with Crippen LogP contribution in [0, 0.1) is 0 Å². The molecule has 94 valence electrons. The molecule has 1 aromatic carbocycles. The highest BCUT2D eigenvalue weighted by Gasteiger charge is 2.13. The van der Waals surface area contributed by atoms with E-state index in [1.54, 1.807) is 0 Å². The lowest BCUT2D eigenvalue weighted by molar-refractivity contribution is -0.136. The number of nitrogens with two attached hydrogens (primary N) is 1. The molecule has 6 heteroatoms. The standard InChI is InChI=1S/C12H13N3O3/c13-12(18)15-11-8(5-6-10(16)17)7-3-1-2-4-9(7)14-11/h1-4,14H,5-6H2,(H,16,17)(H3,13,15,18). The zero-order valence-corrected chi connectivity index (χ0v) is 9.56. The quantitative estimate of drug-likeness (QED) is 0.659. The number of rotatable bonds is 4. The summed E-state index contributed by atoms with van der Waals surface area (Å²) in [5.74, 6) is -0.421. The summed E-state index contributed by atoms with van der Waals surface area (Å²) in [5.41, 5.74) is 6.68. The van der Waals surface area contributed by atoms with Crippen LogP contribution in [0.25, 0.3) is 10.9 Å². The number of aromatic amines is 1. The van der Waals surface area contributed by atoms with Gasteiger partial charge in [0.2, 0.25) is 0 Å². The van der Waals surface area contributed by atoms with Crippen LogP contribution in [-0.4, -0.2) is 22.1 Å². The van der Waals surface area contributed by atoms with E-state index >= 15 is 0 Å². The van der Waals surface area contributed by atoms with E-state index in [1.807, 2.05) is 24.3 Å². The van der Waals surface area contributed by atoms with E-state index in [0.29, 0.717) is 12.2 Å². The Morgan fingerprint density at radius 2 is 2.06 bits per heavy atom. The molecular formula is C12H13N3O3. The second kappa shape index (κ2) is 4.79. The topological polar surface area (TPSA) is 108 Å². The van der Waals surface area contributed by atoms with Gasteiger partial charge in [-0.1, -0.05) is 18.2 Å². The van der Waals surface area contributed by atoms with Crippen LogP contribution in [0.3, 0.4) is 0 Å². The van der Waals surface area contributed by atoms with Crippen molar-refractivity contribution in [2.75, 3.05) is 5.32 Å². The lowest BCUT2D eigenvalue weighted by Gasteiger charge is -2.03. The number of para-hydroxylation sites is 1. The van der Waals surface area contributed by atoms with E-state index in [4.69, 9.17) is 10.8 Å². The fourth-order valence-corrected chi connectivity index (χ4v) is 1.92. The molecule has 0 unspecified atom stereocenters. The molecule has 0 spiro atoms. The Morgan fingerprint density at radius 3 is 2.72 bits per heavy atom. The van der Waals surface area contributed by atoms with Crippen LogP contribution in [0.15, 0.2) is 24.3 Å². The van der Waals surface area contributed by atoms with Crippen molar-refractivity contribution in [3.63, 3.8) is 0 Å². The Hall–Kier alpha value is -2.50. The molecule has 0 atom stereocenters. The van der Waals surface area contributed by atoms with Crippen molar-refractivity contribution in [2.45, 2.75) is 12.8 Å². The molecule has 0 saturated heterocycles. The molecule has 0 fully saturated rings. The van der Waals surface area contributed by atoms with Gasteiger partial charge in [-0.05, 0) is 12.5 Å². The van der Waals surface area contributed by atoms with Crippen LogP contribution in [-0.2, 0) is 11.2 Å². The third kappa shape index (κ3) is 2.42. The number of amides is 2. The number of carboxylic acids is 1. The first-order valence-electron chi connectivity index (χ1n) is 5.45. The summed E-state index contributed by atoms with van der Waals surface area (Å²) in [6, 6.07) is 6.75. The van der Waals surface area contributed by atoms with Crippen molar-refractivity contribution >= 4 is 28.7 Å². The number of aliphatic carboxylic acids is 1. The van der Waals surface area contributed by atoms with E-state index in [-0.39, 0.29) is 6.42 Å². The molecule has 1 heterocycles. The normalized spacial score (nSPS) is 10.4. The van der Waals surface area contributed by atoms with Gasteiger partial charge < -0.3 is 15.8 Å². The second-order valence-electron chi connectivity index (χ2n) is 3.91. The number of carboxylic acid groups (broad SMARTS) is 1. The summed E-state index contributed by atoms with van der Waals surface area (Å²) in [4.78, 5) is 24.6. The van der Waals surface area contributed by atoms with Gasteiger partial charge in [-0.15, -0.1) is 0 Å². The monoisotopic (exact) mass is 247 g/mol. The van der Waals surface area contributed by atoms with Gasteiger partial charge >= 0.3 is 12.0 Å². The summed E-state index contributed by atoms with van der Waals surface area (Å²) >= 11 is 0. The molecule has 0 aliphatic heterocycles. The number of aryl methyl sites for hydroxylation is 1. The number of aromatic nitrogens is 1. The van der Waals surface area contributed by atoms with Crippen molar-refractivity contribution < 1.29 is 14.7 Å². The number of anilines is 1. The smallest absolute Gasteiger partial charge is 0.317 e. The Labute approximate surface area is 103 Å². The maximum absolute atomic E-state index is 10.9. The van der Waals surface area contributed by atoms with Gasteiger partial charge in [0, 0.05) is 22.9 Å². The molecule has 0 aliphatic carbocycles. The molecule has 0 radical (unpaired) electrons. The molecule has 0 saturated carbocycles. The maximum atomic E-state index is 10.9. The van der Waals surface area contributed by atoms with Crippen molar-refractivity contribution in [2.24, 2.45) is 5.73 Å². The molecule has 2 amide bonds. The number of carbonyl (C=O) groups is 2. The van der Waals surface area contributed by atoms with E-state index < -0.39 is 12.0 Å². The molecule has 1 aromatic heterocycles. The van der Waals surface area contributed by atoms with Crippen LogP contribution in [0.2, 0.25) is 0 Å². The van der Waals surface area contributed by atoms with Crippen LogP contribution < -0.4 is 11.1 Å². The van der Waals surface area contributed by atoms with Gasteiger partial charge in [0.25, 0.3) is 0 Å². The minimum atomic E-state index is -0.884. The molecular weight excluding hydrogens is 234 g/mol. The van der Waals surface area contributed by atoms with Crippen LogP contribution >= 0.6 is 0 Å². The molecule has 5 N–H and O–H groups in total. The van der Waals surface area contributed by atoms with E-state index in [0.717, 1.165) is 16.5 Å². The van der Waals surface area contributed by atoms with E-state index in [1.165, 1.54) is 0 Å². The fraction of sp³-hybridized carbons (Fsp3) is 0.167. The highest BCUT2D eigenvalue weighted by Crippen LogP contribution is 2.27. The van der Waals surface area contributed by atoms with Crippen molar-refractivity contribution in [1.29, 1.82) is 0 Å². The Bertz CT molecular complexity index is 604. The molecule has 0 bridgehead atoms. The van der Waals surface area contributed by atoms with Crippen LogP contribution in [0.4, 0.5) is 10.6 Å². The highest BCUT2D eigenvalue weighted by atomic mass is 16.4. The summed E-state index contributed by atoms with van der Waals surface area (Å²) in [6.07, 6.45) is 0.324. The number of hydrogen-bond donors (Lipinski definition) is 4. The maximum Gasteiger partial charge on any atom is 0.317 e. The van der Waals surface area contributed by atoms with Crippen molar-refractivity contribution in [3.05, 3.63) is 29.8 Å². The van der Waals surface area contributed by atoms with Crippen LogP contribution in [0.5, 0.6) is 0 Å². The van der Waals surface area contributed by atoms with Gasteiger partial charge in [0.15, 0.2) is 0 Å². The SMILES string of the molecule is NC(=O)Nc1[nH]c2ccccc2c1CCC(=O)O. The predicted molar refractivity (Wildman–Crippen MR) is 67.5 cm³/mol. The number of nitrogens with one attached hydrogen (secondary N) is 2. The lowest BCUT2D eigenvalue weighted by Crippen LogP contribution is -2.20. The molecule has 6 nitrogen and oxygen atoms in total. The number of urea groups is 1. The highest BCUT2D eigenvalue weighted by molar-refractivity contribution is 5.95. The van der Waals surface area contributed by atoms with Gasteiger partial charge in [0.05, 0.1) is 0 Å². The molecule has 2 aromatic rings. The van der Waals surface area contributed by atoms with Gasteiger partial charge in [-0.3, -0.25) is 10.1 Å². The number of benzene rings is 1. The van der Waals surface area contributed by atoms with Gasteiger partial charge in [-0.25, -0.2) is 4.79 Å². The van der Waals surface area contributed by atoms with Crippen molar-refractivity contribution in [3.8, 4) is 0 Å². The number of fused-ring (bicyclic) bond motifs is 1. The second-order valence-corrected chi connectivity index (χ2v) is 3.91. The summed E-state index contributed by atoms with van der Waals surface area (Å²) in [7, 11) is 0. The van der Waals surface area contributed by atoms with Crippen molar-refractivity contribution in [1.82, 2.24) is 4.98 Å². The average Bonchev–Trinajstić information content (AvgIpc) is 2.62. The average molecular weight is 247 g/mol. The summed E-state index contributed by atoms with van der Waals surface area (Å²) < 4.78 is 0. The predicted octanol–water partition coefficient (Wildman–Crippen LogP) is 1.68. The lowest BCUT2D eigenvalue weighted by atomic mass is 10.1. The zero-order chi connectivity index (χ0) is 13.1. The minimum absolute atomic E-state index is 0.00467. The number of H-pyrrole nitrogens is 1. The first kappa shape index (κ1) is 12.0. The third-order valence-corrected chi connectivity index (χ3v) is 2.65. The Kier molecular flexibility index (Phi) is 3.18. The van der Waals surface area contributed by atoms with Crippen LogP contribution in [0.1, 0.15) is 12.0 Å². The minimum Gasteiger partial charge on any atom is -0.481 e. The zero-order valence-electron chi connectivity index (χ0n) is 9.56. The molecule has 18 heavy (non-hydrogen) atoms. The van der Waals surface area contributed by atoms with E-state index in [9.17, 15) is 9.59 Å². The number of carbonyl (C=O) groups excluding carboxylic acids is 1.